The predicted molar refractivity (Wildman–Crippen MR) is 130 cm³/mol. The van der Waals surface area contributed by atoms with Crippen LogP contribution >= 0.6 is 0 Å². The zero-order valence-electron chi connectivity index (χ0n) is 19.9. The number of hydrogen-bond acceptors (Lipinski definition) is 5. The van der Waals surface area contributed by atoms with Gasteiger partial charge in [-0.25, -0.2) is 12.4 Å². The van der Waals surface area contributed by atoms with Gasteiger partial charge >= 0.3 is 0 Å². The number of fused-ring (bicyclic) bond motifs is 1. The first kappa shape index (κ1) is 23.3. The summed E-state index contributed by atoms with van der Waals surface area (Å²) in [5.74, 6) is 0.519. The Kier molecular flexibility index (Phi) is 6.24. The van der Waals surface area contributed by atoms with Gasteiger partial charge in [0.25, 0.3) is 15.9 Å². The van der Waals surface area contributed by atoms with E-state index in [1.165, 1.54) is 3.97 Å². The first-order valence-electron chi connectivity index (χ1n) is 11.2. The Bertz CT molecular complexity index is 1330. The summed E-state index contributed by atoms with van der Waals surface area (Å²) in [6.07, 6.45) is 0.866. The summed E-state index contributed by atoms with van der Waals surface area (Å²) < 4.78 is 34.7. The van der Waals surface area contributed by atoms with Crippen LogP contribution < -0.4 is 10.1 Å². The molecule has 33 heavy (non-hydrogen) atoms. The van der Waals surface area contributed by atoms with E-state index < -0.39 is 10.0 Å². The number of benzene rings is 2. The minimum atomic E-state index is -3.96. The van der Waals surface area contributed by atoms with E-state index in [4.69, 9.17) is 4.74 Å². The van der Waals surface area contributed by atoms with Crippen LogP contribution in [0.4, 0.5) is 0 Å². The molecule has 0 spiro atoms. The Labute approximate surface area is 195 Å². The van der Waals surface area contributed by atoms with Crippen molar-refractivity contribution in [1.29, 1.82) is 0 Å². The summed E-state index contributed by atoms with van der Waals surface area (Å²) >= 11 is 0. The number of carbonyl (C=O) groups excluding carboxylic acids is 1. The lowest BCUT2D eigenvalue weighted by Crippen LogP contribution is -2.34. The van der Waals surface area contributed by atoms with E-state index in [1.807, 2.05) is 30.9 Å². The molecule has 0 atom stereocenters. The molecule has 7 nitrogen and oxygen atoms in total. The molecule has 3 aromatic rings. The molecule has 1 saturated heterocycles. The molecule has 0 bridgehead atoms. The summed E-state index contributed by atoms with van der Waals surface area (Å²) in [4.78, 5) is 15.7. The van der Waals surface area contributed by atoms with Crippen LogP contribution in [0.5, 0.6) is 5.75 Å². The van der Waals surface area contributed by atoms with E-state index in [9.17, 15) is 13.2 Å². The molecule has 1 aliphatic rings. The van der Waals surface area contributed by atoms with E-state index in [2.05, 4.69) is 5.32 Å². The molecule has 1 N–H and O–H groups in total. The highest BCUT2D eigenvalue weighted by Crippen LogP contribution is 2.34. The molecular formula is C25H31N3O4S. The van der Waals surface area contributed by atoms with Crippen molar-refractivity contribution in [2.45, 2.75) is 39.0 Å². The number of aryl methyl sites for hydroxylation is 1. The molecule has 4 rings (SSSR count). The molecule has 176 valence electrons. The average Bonchev–Trinajstić information content (AvgIpc) is 2.93. The highest BCUT2D eigenvalue weighted by molar-refractivity contribution is 7.90. The van der Waals surface area contributed by atoms with Crippen molar-refractivity contribution in [1.82, 2.24) is 14.2 Å². The highest BCUT2D eigenvalue weighted by atomic mass is 32.2. The topological polar surface area (TPSA) is 80.6 Å². The van der Waals surface area contributed by atoms with Gasteiger partial charge in [-0.15, -0.1) is 0 Å². The highest BCUT2D eigenvalue weighted by Gasteiger charge is 2.31. The van der Waals surface area contributed by atoms with Gasteiger partial charge in [-0.05, 0) is 76.1 Å². The minimum absolute atomic E-state index is 0.122. The van der Waals surface area contributed by atoms with Gasteiger partial charge in [0.15, 0.2) is 0 Å². The van der Waals surface area contributed by atoms with Crippen LogP contribution in [0.3, 0.4) is 0 Å². The van der Waals surface area contributed by atoms with Crippen LogP contribution in [0.1, 0.15) is 39.2 Å². The standard InChI is InChI=1S/C25H31N3O4S/c1-16-7-8-21-20(15-16)24(25(29)27-13-6-11-26-12-14-27)19(4)28(21)33(30,31)23-10-9-22(32-5)17(2)18(23)3/h7-10,15,26H,6,11-14H2,1-5H3. The van der Waals surface area contributed by atoms with Gasteiger partial charge in [0.2, 0.25) is 0 Å². The maximum absolute atomic E-state index is 14.0. The van der Waals surface area contributed by atoms with Crippen molar-refractivity contribution < 1.29 is 17.9 Å². The summed E-state index contributed by atoms with van der Waals surface area (Å²) in [7, 11) is -2.39. The van der Waals surface area contributed by atoms with Crippen molar-refractivity contribution in [2.24, 2.45) is 0 Å². The SMILES string of the molecule is COc1ccc(S(=O)(=O)n2c(C)c(C(=O)N3CCCNCC3)c3cc(C)ccc32)c(C)c1C. The maximum atomic E-state index is 14.0. The number of nitrogens with one attached hydrogen (secondary N) is 1. The number of methoxy groups -OCH3 is 1. The van der Waals surface area contributed by atoms with Crippen LogP contribution in [0.15, 0.2) is 35.2 Å². The molecule has 1 aliphatic heterocycles. The van der Waals surface area contributed by atoms with Gasteiger partial charge in [-0.2, -0.15) is 0 Å². The molecule has 1 amide bonds. The van der Waals surface area contributed by atoms with Crippen molar-refractivity contribution in [3.8, 4) is 5.75 Å². The van der Waals surface area contributed by atoms with Crippen molar-refractivity contribution >= 4 is 26.8 Å². The summed E-state index contributed by atoms with van der Waals surface area (Å²) in [6.45, 7) is 10.1. The first-order valence-corrected chi connectivity index (χ1v) is 12.6. The van der Waals surface area contributed by atoms with E-state index >= 15 is 0 Å². The van der Waals surface area contributed by atoms with E-state index in [-0.39, 0.29) is 10.8 Å². The van der Waals surface area contributed by atoms with Crippen LogP contribution in [0, 0.1) is 27.7 Å². The summed E-state index contributed by atoms with van der Waals surface area (Å²) in [5, 5.41) is 3.98. The summed E-state index contributed by atoms with van der Waals surface area (Å²) in [5.41, 5.74) is 3.79. The number of aromatic nitrogens is 1. The van der Waals surface area contributed by atoms with Crippen LogP contribution in [0.2, 0.25) is 0 Å². The normalized spacial score (nSPS) is 15.0. The van der Waals surface area contributed by atoms with Gasteiger partial charge in [0.05, 0.1) is 23.1 Å². The zero-order chi connectivity index (χ0) is 23.9. The molecule has 1 aromatic heterocycles. The van der Waals surface area contributed by atoms with Gasteiger partial charge in [0.1, 0.15) is 5.75 Å². The van der Waals surface area contributed by atoms with E-state index in [1.54, 1.807) is 39.2 Å². The lowest BCUT2D eigenvalue weighted by atomic mass is 10.1. The molecule has 0 unspecified atom stereocenters. The van der Waals surface area contributed by atoms with Gasteiger partial charge in [0, 0.05) is 30.7 Å². The fraction of sp³-hybridized carbons (Fsp3) is 0.400. The predicted octanol–water partition coefficient (Wildman–Crippen LogP) is 3.56. The number of amides is 1. The van der Waals surface area contributed by atoms with Crippen LogP contribution in [-0.2, 0) is 10.0 Å². The fourth-order valence-electron chi connectivity index (χ4n) is 4.66. The number of ether oxygens (including phenoxy) is 1. The molecule has 8 heteroatoms. The maximum Gasteiger partial charge on any atom is 0.268 e. The Hall–Kier alpha value is -2.84. The van der Waals surface area contributed by atoms with Crippen molar-refractivity contribution in [3.63, 3.8) is 0 Å². The molecule has 1 fully saturated rings. The van der Waals surface area contributed by atoms with E-state index in [0.29, 0.717) is 46.6 Å². The Morgan fingerprint density at radius 2 is 1.76 bits per heavy atom. The largest absolute Gasteiger partial charge is 0.496 e. The van der Waals surface area contributed by atoms with Crippen molar-refractivity contribution in [3.05, 3.63) is 58.3 Å². The molecule has 2 aromatic carbocycles. The third kappa shape index (κ3) is 3.91. The molecule has 2 heterocycles. The van der Waals surface area contributed by atoms with Crippen molar-refractivity contribution in [2.75, 3.05) is 33.3 Å². The minimum Gasteiger partial charge on any atom is -0.496 e. The van der Waals surface area contributed by atoms with Crippen LogP contribution in [-0.4, -0.2) is 56.5 Å². The Morgan fingerprint density at radius 1 is 1.00 bits per heavy atom. The monoisotopic (exact) mass is 469 g/mol. The lowest BCUT2D eigenvalue weighted by Gasteiger charge is -2.20. The third-order valence-corrected chi connectivity index (χ3v) is 8.52. The Balaban J connectivity index is 1.95. The second kappa shape index (κ2) is 8.83. The third-order valence-electron chi connectivity index (χ3n) is 6.57. The number of hydrogen-bond donors (Lipinski definition) is 1. The first-order chi connectivity index (χ1) is 15.7. The van der Waals surface area contributed by atoms with E-state index in [0.717, 1.165) is 30.6 Å². The molecule has 0 radical (unpaired) electrons. The number of rotatable bonds is 4. The zero-order valence-corrected chi connectivity index (χ0v) is 20.7. The molecular weight excluding hydrogens is 438 g/mol. The number of carbonyl (C=O) groups is 1. The molecule has 0 aliphatic carbocycles. The second-order valence-electron chi connectivity index (χ2n) is 8.66. The quantitative estimate of drug-likeness (QED) is 0.632. The lowest BCUT2D eigenvalue weighted by molar-refractivity contribution is 0.0767. The van der Waals surface area contributed by atoms with Crippen LogP contribution in [0.25, 0.3) is 10.9 Å². The average molecular weight is 470 g/mol. The fourth-order valence-corrected chi connectivity index (χ4v) is 6.51. The number of nitrogens with zero attached hydrogens (tertiary/aromatic N) is 2. The van der Waals surface area contributed by atoms with Gasteiger partial charge in [-0.3, -0.25) is 4.79 Å². The smallest absolute Gasteiger partial charge is 0.268 e. The Morgan fingerprint density at radius 3 is 2.48 bits per heavy atom. The molecule has 0 saturated carbocycles. The second-order valence-corrected chi connectivity index (χ2v) is 10.4. The van der Waals surface area contributed by atoms with Gasteiger partial charge in [-0.1, -0.05) is 11.6 Å². The van der Waals surface area contributed by atoms with Gasteiger partial charge < -0.3 is 15.0 Å². The summed E-state index contributed by atoms with van der Waals surface area (Å²) in [6, 6.07) is 8.84.